The highest BCUT2D eigenvalue weighted by Gasteiger charge is 2.10. The highest BCUT2D eigenvalue weighted by molar-refractivity contribution is 7.99. The van der Waals surface area contributed by atoms with E-state index in [1.165, 1.54) is 17.8 Å². The zero-order valence-corrected chi connectivity index (χ0v) is 13.1. The largest absolute Gasteiger partial charge is 0.310 e. The van der Waals surface area contributed by atoms with E-state index in [4.69, 9.17) is 11.6 Å². The van der Waals surface area contributed by atoms with Crippen LogP contribution in [-0.4, -0.2) is 6.04 Å². The lowest BCUT2D eigenvalue weighted by Crippen LogP contribution is -2.22. The molecule has 20 heavy (non-hydrogen) atoms. The molecule has 1 N–H and O–H groups in total. The molecule has 0 aliphatic carbocycles. The van der Waals surface area contributed by atoms with Crippen molar-refractivity contribution >= 4 is 23.4 Å². The van der Waals surface area contributed by atoms with Crippen LogP contribution in [0.3, 0.4) is 0 Å². The average Bonchev–Trinajstić information content (AvgIpc) is 2.41. The third-order valence-corrected chi connectivity index (χ3v) is 4.20. The molecule has 0 heterocycles. The summed E-state index contributed by atoms with van der Waals surface area (Å²) in [4.78, 5) is 1.65. The third kappa shape index (κ3) is 4.23. The first-order valence-corrected chi connectivity index (χ1v) is 7.70. The topological polar surface area (TPSA) is 12.0 Å². The molecule has 0 aliphatic heterocycles. The van der Waals surface area contributed by atoms with Crippen LogP contribution in [0.25, 0.3) is 0 Å². The zero-order chi connectivity index (χ0) is 14.5. The molecule has 2 aromatic carbocycles. The van der Waals surface area contributed by atoms with Crippen LogP contribution in [0.4, 0.5) is 4.39 Å². The van der Waals surface area contributed by atoms with Crippen LogP contribution in [0.5, 0.6) is 0 Å². The molecule has 4 heteroatoms. The van der Waals surface area contributed by atoms with E-state index in [0.29, 0.717) is 22.5 Å². The van der Waals surface area contributed by atoms with Crippen molar-refractivity contribution in [3.05, 3.63) is 58.9 Å². The van der Waals surface area contributed by atoms with Gasteiger partial charge in [-0.2, -0.15) is 0 Å². The van der Waals surface area contributed by atoms with Crippen LogP contribution >= 0.6 is 23.4 Å². The fraction of sp³-hybridized carbons (Fsp3) is 0.250. The van der Waals surface area contributed by atoms with Crippen molar-refractivity contribution < 1.29 is 4.39 Å². The standard InChI is InChI=1S/C16H17ClFNS/c1-11(2)19-10-12-4-3-5-15(18)16(12)20-14-8-6-13(17)7-9-14/h3-9,11,19H,10H2,1-2H3. The number of hydrogen-bond donors (Lipinski definition) is 1. The smallest absolute Gasteiger partial charge is 0.137 e. The van der Waals surface area contributed by atoms with Crippen molar-refractivity contribution in [3.8, 4) is 0 Å². The molecule has 0 saturated heterocycles. The molecule has 0 aromatic heterocycles. The Balaban J connectivity index is 2.23. The Morgan fingerprint density at radius 1 is 1.15 bits per heavy atom. The van der Waals surface area contributed by atoms with Crippen LogP contribution in [0.1, 0.15) is 19.4 Å². The lowest BCUT2D eigenvalue weighted by Gasteiger charge is -2.13. The number of nitrogens with one attached hydrogen (secondary N) is 1. The van der Waals surface area contributed by atoms with Gasteiger partial charge >= 0.3 is 0 Å². The highest BCUT2D eigenvalue weighted by Crippen LogP contribution is 2.33. The Labute approximate surface area is 128 Å². The first-order chi connectivity index (χ1) is 9.56. The predicted molar refractivity (Wildman–Crippen MR) is 84.0 cm³/mol. The van der Waals surface area contributed by atoms with E-state index >= 15 is 0 Å². The lowest BCUT2D eigenvalue weighted by atomic mass is 10.2. The molecule has 2 aromatic rings. The summed E-state index contributed by atoms with van der Waals surface area (Å²) in [6.07, 6.45) is 0. The van der Waals surface area contributed by atoms with Crippen molar-refractivity contribution in [1.82, 2.24) is 5.32 Å². The van der Waals surface area contributed by atoms with Gasteiger partial charge in [-0.15, -0.1) is 0 Å². The minimum atomic E-state index is -0.187. The van der Waals surface area contributed by atoms with Crippen LogP contribution in [0, 0.1) is 5.82 Å². The highest BCUT2D eigenvalue weighted by atomic mass is 35.5. The van der Waals surface area contributed by atoms with E-state index in [9.17, 15) is 4.39 Å². The molecule has 2 rings (SSSR count). The molecular weight excluding hydrogens is 293 g/mol. The Hall–Kier alpha value is -1.03. The van der Waals surface area contributed by atoms with E-state index < -0.39 is 0 Å². The van der Waals surface area contributed by atoms with Crippen molar-refractivity contribution in [2.24, 2.45) is 0 Å². The Bertz CT molecular complexity index is 569. The van der Waals surface area contributed by atoms with Crippen molar-refractivity contribution in [3.63, 3.8) is 0 Å². The molecule has 0 radical (unpaired) electrons. The van der Waals surface area contributed by atoms with E-state index in [-0.39, 0.29) is 5.82 Å². The summed E-state index contributed by atoms with van der Waals surface area (Å²) >= 11 is 7.30. The molecule has 0 aliphatic rings. The second-order valence-electron chi connectivity index (χ2n) is 4.82. The second kappa shape index (κ2) is 7.11. The van der Waals surface area contributed by atoms with E-state index in [2.05, 4.69) is 19.2 Å². The first-order valence-electron chi connectivity index (χ1n) is 6.50. The van der Waals surface area contributed by atoms with Gasteiger partial charge in [0.05, 0.1) is 4.90 Å². The molecule has 0 bridgehead atoms. The minimum Gasteiger partial charge on any atom is -0.310 e. The zero-order valence-electron chi connectivity index (χ0n) is 11.5. The number of benzene rings is 2. The summed E-state index contributed by atoms with van der Waals surface area (Å²) in [6, 6.07) is 13.0. The maximum absolute atomic E-state index is 14.1. The Kier molecular flexibility index (Phi) is 5.46. The third-order valence-electron chi connectivity index (χ3n) is 2.78. The summed E-state index contributed by atoms with van der Waals surface area (Å²) in [5.41, 5.74) is 0.971. The van der Waals surface area contributed by atoms with Gasteiger partial charge < -0.3 is 5.32 Å². The van der Waals surface area contributed by atoms with Crippen molar-refractivity contribution in [2.45, 2.75) is 36.2 Å². The number of rotatable bonds is 5. The fourth-order valence-electron chi connectivity index (χ4n) is 1.74. The van der Waals surface area contributed by atoms with Gasteiger partial charge in [-0.1, -0.05) is 49.3 Å². The predicted octanol–water partition coefficient (Wildman–Crippen LogP) is 5.13. The number of hydrogen-bond acceptors (Lipinski definition) is 2. The van der Waals surface area contributed by atoms with Crippen LogP contribution < -0.4 is 5.32 Å². The molecule has 0 spiro atoms. The summed E-state index contributed by atoms with van der Waals surface area (Å²) in [5.74, 6) is -0.187. The fourth-order valence-corrected chi connectivity index (χ4v) is 2.81. The Morgan fingerprint density at radius 3 is 2.50 bits per heavy atom. The maximum atomic E-state index is 14.1. The monoisotopic (exact) mass is 309 g/mol. The van der Waals surface area contributed by atoms with Gasteiger partial charge in [0.15, 0.2) is 0 Å². The summed E-state index contributed by atoms with van der Waals surface area (Å²) in [7, 11) is 0. The molecule has 1 nitrogen and oxygen atoms in total. The Morgan fingerprint density at radius 2 is 1.85 bits per heavy atom. The molecule has 0 unspecified atom stereocenters. The molecule has 0 atom stereocenters. The molecular formula is C16H17ClFNS. The summed E-state index contributed by atoms with van der Waals surface area (Å²) in [6.45, 7) is 4.81. The SMILES string of the molecule is CC(C)NCc1cccc(F)c1Sc1ccc(Cl)cc1. The first kappa shape index (κ1) is 15.4. The van der Waals surface area contributed by atoms with Crippen molar-refractivity contribution in [1.29, 1.82) is 0 Å². The van der Waals surface area contributed by atoms with Crippen LogP contribution in [0.15, 0.2) is 52.3 Å². The van der Waals surface area contributed by atoms with E-state index in [1.807, 2.05) is 30.3 Å². The van der Waals surface area contributed by atoms with Crippen LogP contribution in [0.2, 0.25) is 5.02 Å². The summed E-state index contributed by atoms with van der Waals surface area (Å²) < 4.78 is 14.1. The molecule has 0 amide bonds. The van der Waals surface area contributed by atoms with Gasteiger partial charge in [-0.3, -0.25) is 0 Å². The normalized spacial score (nSPS) is 11.1. The van der Waals surface area contributed by atoms with Gasteiger partial charge in [0.25, 0.3) is 0 Å². The van der Waals surface area contributed by atoms with Gasteiger partial charge in [0.1, 0.15) is 5.82 Å². The molecule has 106 valence electrons. The number of halogens is 2. The lowest BCUT2D eigenvalue weighted by molar-refractivity contribution is 0.564. The maximum Gasteiger partial charge on any atom is 0.137 e. The quantitative estimate of drug-likeness (QED) is 0.822. The van der Waals surface area contributed by atoms with E-state index in [1.54, 1.807) is 6.07 Å². The summed E-state index contributed by atoms with van der Waals surface area (Å²) in [5, 5.41) is 4.01. The van der Waals surface area contributed by atoms with Crippen LogP contribution in [-0.2, 0) is 6.54 Å². The average molecular weight is 310 g/mol. The molecule has 0 saturated carbocycles. The second-order valence-corrected chi connectivity index (χ2v) is 6.34. The van der Waals surface area contributed by atoms with Crippen molar-refractivity contribution in [2.75, 3.05) is 0 Å². The van der Waals surface area contributed by atoms with Gasteiger partial charge in [0.2, 0.25) is 0 Å². The minimum absolute atomic E-state index is 0.187. The van der Waals surface area contributed by atoms with Gasteiger partial charge in [0, 0.05) is 22.5 Å². The van der Waals surface area contributed by atoms with Gasteiger partial charge in [-0.05, 0) is 35.9 Å². The molecule has 0 fully saturated rings. The van der Waals surface area contributed by atoms with Gasteiger partial charge in [-0.25, -0.2) is 4.39 Å². The van der Waals surface area contributed by atoms with E-state index in [0.717, 1.165) is 10.5 Å².